The van der Waals surface area contributed by atoms with Crippen molar-refractivity contribution in [1.29, 1.82) is 0 Å². The number of benzene rings is 1. The van der Waals surface area contributed by atoms with Gasteiger partial charge >= 0.3 is 5.97 Å². The number of hydrogen-bond acceptors (Lipinski definition) is 5. The predicted octanol–water partition coefficient (Wildman–Crippen LogP) is 5.56. The van der Waals surface area contributed by atoms with Gasteiger partial charge in [-0.1, -0.05) is 70.3 Å². The molecular formula is C25H38O5. The molecule has 0 amide bonds. The highest BCUT2D eigenvalue weighted by Crippen LogP contribution is 2.33. The Morgan fingerprint density at radius 2 is 1.47 bits per heavy atom. The summed E-state index contributed by atoms with van der Waals surface area (Å²) >= 11 is 0. The third-order valence-electron chi connectivity index (χ3n) is 6.42. The molecule has 1 aromatic rings. The molecule has 0 saturated carbocycles. The Morgan fingerprint density at radius 3 is 2.10 bits per heavy atom. The Hall–Kier alpha value is -1.75. The van der Waals surface area contributed by atoms with Crippen molar-refractivity contribution in [3.05, 3.63) is 23.8 Å². The van der Waals surface area contributed by atoms with Gasteiger partial charge in [0.05, 0.1) is 5.92 Å². The monoisotopic (exact) mass is 418 g/mol. The minimum absolute atomic E-state index is 0.217. The number of fused-ring (bicyclic) bond motifs is 1. The second kappa shape index (κ2) is 12.2. The highest BCUT2D eigenvalue weighted by molar-refractivity contribution is 5.75. The smallest absolute Gasteiger partial charge is 0.312 e. The summed E-state index contributed by atoms with van der Waals surface area (Å²) in [5, 5.41) is 9.94. The first-order chi connectivity index (χ1) is 14.6. The highest BCUT2D eigenvalue weighted by Gasteiger charge is 2.40. The van der Waals surface area contributed by atoms with E-state index in [0.717, 1.165) is 37.2 Å². The van der Waals surface area contributed by atoms with Crippen molar-refractivity contribution in [3.8, 4) is 11.5 Å². The fourth-order valence-electron chi connectivity index (χ4n) is 4.48. The van der Waals surface area contributed by atoms with Crippen LogP contribution in [-0.2, 0) is 16.0 Å². The lowest BCUT2D eigenvalue weighted by atomic mass is 9.95. The molecule has 3 rings (SSSR count). The number of hydrogen-bond donors (Lipinski definition) is 1. The van der Waals surface area contributed by atoms with Crippen LogP contribution in [0.1, 0.15) is 89.5 Å². The largest absolute Gasteiger partial charge is 0.460 e. The highest BCUT2D eigenvalue weighted by atomic mass is 16.7. The van der Waals surface area contributed by atoms with E-state index in [1.54, 1.807) is 6.92 Å². The summed E-state index contributed by atoms with van der Waals surface area (Å²) in [6, 6.07) is 6.28. The van der Waals surface area contributed by atoms with Crippen molar-refractivity contribution in [2.24, 2.45) is 5.92 Å². The van der Waals surface area contributed by atoms with Gasteiger partial charge in [-0.2, -0.15) is 0 Å². The lowest BCUT2D eigenvalue weighted by molar-refractivity contribution is -0.143. The maximum atomic E-state index is 11.6. The summed E-state index contributed by atoms with van der Waals surface area (Å²) in [6.07, 6.45) is 14.7. The summed E-state index contributed by atoms with van der Waals surface area (Å²) in [4.78, 5) is 11.6. The summed E-state index contributed by atoms with van der Waals surface area (Å²) in [7, 11) is 0. The van der Waals surface area contributed by atoms with Crippen LogP contribution in [0.2, 0.25) is 0 Å². The molecule has 0 aromatic heterocycles. The number of aliphatic hydroxyl groups is 1. The van der Waals surface area contributed by atoms with Gasteiger partial charge in [0.25, 0.3) is 0 Å². The van der Waals surface area contributed by atoms with Gasteiger partial charge in [0.15, 0.2) is 11.5 Å². The molecule has 1 N–H and O–H groups in total. The van der Waals surface area contributed by atoms with Gasteiger partial charge in [-0.25, -0.2) is 0 Å². The fraction of sp³-hybridized carbons (Fsp3) is 0.720. The van der Waals surface area contributed by atoms with E-state index in [2.05, 4.69) is 12.1 Å². The number of carbonyl (C=O) groups excluding carboxylic acids is 1. The number of rotatable bonds is 14. The van der Waals surface area contributed by atoms with E-state index < -0.39 is 6.10 Å². The molecule has 0 aliphatic carbocycles. The van der Waals surface area contributed by atoms with Crippen molar-refractivity contribution in [2.45, 2.75) is 103 Å². The lowest BCUT2D eigenvalue weighted by Crippen LogP contribution is -2.24. The van der Waals surface area contributed by atoms with E-state index in [-0.39, 0.29) is 18.0 Å². The van der Waals surface area contributed by atoms with Crippen molar-refractivity contribution in [1.82, 2.24) is 0 Å². The van der Waals surface area contributed by atoms with Gasteiger partial charge in [-0.05, 0) is 43.9 Å². The second-order valence-corrected chi connectivity index (χ2v) is 8.85. The normalized spacial score (nSPS) is 22.5. The standard InChI is InChI=1S/C25H38O5/c1-19-24(26)21(25(27)30-19)14-12-10-8-6-4-2-3-5-7-9-11-13-20-15-16-22-23(17-20)29-18-28-22/h15-17,19,21,24,26H,2-14,18H2,1H3/t19-,21-,24+/m0/s1. The molecule has 2 aliphatic heterocycles. The van der Waals surface area contributed by atoms with Gasteiger partial charge in [0, 0.05) is 0 Å². The second-order valence-electron chi connectivity index (χ2n) is 8.85. The Bertz CT molecular complexity index is 659. The van der Waals surface area contributed by atoms with Gasteiger partial charge in [0.2, 0.25) is 6.79 Å². The average molecular weight is 419 g/mol. The molecule has 5 heteroatoms. The lowest BCUT2D eigenvalue weighted by Gasteiger charge is -2.11. The van der Waals surface area contributed by atoms with Crippen molar-refractivity contribution in [3.63, 3.8) is 0 Å². The number of carbonyl (C=O) groups is 1. The molecular weight excluding hydrogens is 380 g/mol. The van der Waals surface area contributed by atoms with Crippen LogP contribution < -0.4 is 9.47 Å². The van der Waals surface area contributed by atoms with E-state index in [1.807, 2.05) is 6.07 Å². The number of cyclic esters (lactones) is 1. The molecule has 2 aliphatic rings. The maximum Gasteiger partial charge on any atom is 0.312 e. The van der Waals surface area contributed by atoms with Crippen molar-refractivity contribution < 1.29 is 24.1 Å². The Labute approximate surface area is 181 Å². The van der Waals surface area contributed by atoms with Crippen LogP contribution in [0, 0.1) is 5.92 Å². The molecule has 3 atom stereocenters. The van der Waals surface area contributed by atoms with Gasteiger partial charge in [-0.15, -0.1) is 0 Å². The summed E-state index contributed by atoms with van der Waals surface area (Å²) in [5.41, 5.74) is 1.34. The van der Waals surface area contributed by atoms with Crippen LogP contribution in [0.3, 0.4) is 0 Å². The quantitative estimate of drug-likeness (QED) is 0.316. The van der Waals surface area contributed by atoms with E-state index in [9.17, 15) is 9.90 Å². The maximum absolute atomic E-state index is 11.6. The Morgan fingerprint density at radius 1 is 0.867 bits per heavy atom. The Kier molecular flexibility index (Phi) is 9.31. The molecule has 1 aromatic carbocycles. The summed E-state index contributed by atoms with van der Waals surface area (Å²) in [5.74, 6) is 1.24. The third kappa shape index (κ3) is 6.90. The van der Waals surface area contributed by atoms with Crippen LogP contribution >= 0.6 is 0 Å². The first kappa shape index (κ1) is 22.9. The van der Waals surface area contributed by atoms with Crippen LogP contribution in [-0.4, -0.2) is 30.1 Å². The van der Waals surface area contributed by atoms with E-state index >= 15 is 0 Å². The molecule has 0 radical (unpaired) electrons. The van der Waals surface area contributed by atoms with Crippen LogP contribution in [0.4, 0.5) is 0 Å². The average Bonchev–Trinajstić information content (AvgIpc) is 3.30. The molecule has 0 bridgehead atoms. The van der Waals surface area contributed by atoms with Crippen LogP contribution in [0.15, 0.2) is 18.2 Å². The fourth-order valence-corrected chi connectivity index (χ4v) is 4.48. The van der Waals surface area contributed by atoms with Crippen LogP contribution in [0.25, 0.3) is 0 Å². The van der Waals surface area contributed by atoms with Crippen molar-refractivity contribution in [2.75, 3.05) is 6.79 Å². The SMILES string of the molecule is C[C@@H]1OC(=O)[C@@H](CCCCCCCCCCCCCc2ccc3c(c2)OCO3)[C@@H]1O. The third-order valence-corrected chi connectivity index (χ3v) is 6.42. The number of unbranched alkanes of at least 4 members (excludes halogenated alkanes) is 10. The molecule has 0 unspecified atom stereocenters. The number of aryl methyl sites for hydroxylation is 1. The molecule has 168 valence electrons. The molecule has 0 spiro atoms. The van der Waals surface area contributed by atoms with Crippen molar-refractivity contribution >= 4 is 5.97 Å². The number of aliphatic hydroxyl groups excluding tert-OH is 1. The first-order valence-electron chi connectivity index (χ1n) is 11.9. The minimum atomic E-state index is -0.616. The zero-order chi connectivity index (χ0) is 21.2. The van der Waals surface area contributed by atoms with Gasteiger partial charge < -0.3 is 19.3 Å². The molecule has 1 saturated heterocycles. The van der Waals surface area contributed by atoms with E-state index in [1.165, 1.54) is 63.4 Å². The summed E-state index contributed by atoms with van der Waals surface area (Å²) < 4.78 is 15.9. The minimum Gasteiger partial charge on any atom is -0.460 e. The van der Waals surface area contributed by atoms with E-state index in [0.29, 0.717) is 6.79 Å². The molecule has 5 nitrogen and oxygen atoms in total. The van der Waals surface area contributed by atoms with Gasteiger partial charge in [-0.3, -0.25) is 4.79 Å². The number of esters is 1. The number of ether oxygens (including phenoxy) is 3. The topological polar surface area (TPSA) is 65.0 Å². The summed E-state index contributed by atoms with van der Waals surface area (Å²) in [6.45, 7) is 2.11. The van der Waals surface area contributed by atoms with E-state index in [4.69, 9.17) is 14.2 Å². The zero-order valence-corrected chi connectivity index (χ0v) is 18.4. The molecule has 30 heavy (non-hydrogen) atoms. The Balaban J connectivity index is 1.09. The molecule has 1 fully saturated rings. The van der Waals surface area contributed by atoms with Crippen LogP contribution in [0.5, 0.6) is 11.5 Å². The predicted molar refractivity (Wildman–Crippen MR) is 117 cm³/mol. The first-order valence-corrected chi connectivity index (χ1v) is 11.9. The zero-order valence-electron chi connectivity index (χ0n) is 18.4. The van der Waals surface area contributed by atoms with Gasteiger partial charge in [0.1, 0.15) is 12.2 Å². The molecule has 2 heterocycles.